The van der Waals surface area contributed by atoms with Crippen LogP contribution in [0.15, 0.2) is 53.1 Å². The van der Waals surface area contributed by atoms with Crippen LogP contribution in [0.1, 0.15) is 21.6 Å². The highest BCUT2D eigenvalue weighted by Crippen LogP contribution is 2.28. The zero-order valence-corrected chi connectivity index (χ0v) is 13.5. The fraction of sp³-hybridized carbons (Fsp3) is 0.111. The fourth-order valence-electron chi connectivity index (χ4n) is 2.34. The average molecular weight is 327 g/mol. The Hall–Kier alpha value is -2.59. The lowest BCUT2D eigenvalue weighted by Crippen LogP contribution is -2.14. The third kappa shape index (κ3) is 3.12. The second-order valence-corrected chi connectivity index (χ2v) is 5.69. The molecule has 2 aromatic carbocycles. The number of nitrogens with zero attached hydrogens (tertiary/aromatic N) is 1. The largest absolute Gasteiger partial charge is 0.355 e. The quantitative estimate of drug-likeness (QED) is 0.747. The van der Waals surface area contributed by atoms with E-state index in [2.05, 4.69) is 10.5 Å². The molecule has 0 aliphatic carbocycles. The van der Waals surface area contributed by atoms with E-state index in [9.17, 15) is 4.79 Å². The van der Waals surface area contributed by atoms with Crippen LogP contribution in [0.5, 0.6) is 0 Å². The third-order valence-corrected chi connectivity index (χ3v) is 3.81. The van der Waals surface area contributed by atoms with Gasteiger partial charge in [0.2, 0.25) is 0 Å². The Morgan fingerprint density at radius 2 is 1.87 bits per heavy atom. The first-order valence-electron chi connectivity index (χ1n) is 7.15. The Morgan fingerprint density at radius 3 is 2.61 bits per heavy atom. The summed E-state index contributed by atoms with van der Waals surface area (Å²) in [4.78, 5) is 12.7. The second kappa shape index (κ2) is 6.26. The van der Waals surface area contributed by atoms with E-state index < -0.39 is 0 Å². The molecule has 0 bridgehead atoms. The van der Waals surface area contributed by atoms with E-state index in [1.807, 2.05) is 43.3 Å². The minimum atomic E-state index is -0.270. The van der Waals surface area contributed by atoms with Gasteiger partial charge >= 0.3 is 0 Å². The second-order valence-electron chi connectivity index (χ2n) is 5.25. The molecule has 3 rings (SSSR count). The van der Waals surface area contributed by atoms with Gasteiger partial charge in [0.1, 0.15) is 5.56 Å². The molecule has 0 spiro atoms. The van der Waals surface area contributed by atoms with Crippen molar-refractivity contribution in [2.75, 3.05) is 5.32 Å². The van der Waals surface area contributed by atoms with Crippen LogP contribution in [0.25, 0.3) is 11.3 Å². The summed E-state index contributed by atoms with van der Waals surface area (Å²) in [5.74, 6) is 0.188. The van der Waals surface area contributed by atoms with Gasteiger partial charge in [0.05, 0.1) is 5.69 Å². The third-order valence-electron chi connectivity index (χ3n) is 3.57. The maximum absolute atomic E-state index is 12.7. The molecule has 0 saturated heterocycles. The van der Waals surface area contributed by atoms with E-state index in [0.717, 1.165) is 11.1 Å². The van der Waals surface area contributed by atoms with Gasteiger partial charge < -0.3 is 9.84 Å². The van der Waals surface area contributed by atoms with Crippen molar-refractivity contribution in [3.05, 3.63) is 70.4 Å². The number of aryl methyl sites for hydroxylation is 2. The minimum absolute atomic E-state index is 0.270. The lowest BCUT2D eigenvalue weighted by molar-refractivity contribution is 0.102. The Labute approximate surface area is 139 Å². The molecule has 0 radical (unpaired) electrons. The molecule has 0 saturated carbocycles. The highest BCUT2D eigenvalue weighted by Gasteiger charge is 2.22. The molecular weight excluding hydrogens is 312 g/mol. The van der Waals surface area contributed by atoms with E-state index in [1.165, 1.54) is 0 Å². The van der Waals surface area contributed by atoms with Crippen LogP contribution in [-0.2, 0) is 0 Å². The van der Waals surface area contributed by atoms with Gasteiger partial charge in [0.15, 0.2) is 5.76 Å². The maximum Gasteiger partial charge on any atom is 0.261 e. The molecule has 1 N–H and O–H groups in total. The summed E-state index contributed by atoms with van der Waals surface area (Å²) >= 11 is 6.00. The van der Waals surface area contributed by atoms with Crippen LogP contribution >= 0.6 is 11.6 Å². The van der Waals surface area contributed by atoms with Crippen LogP contribution in [0, 0.1) is 13.8 Å². The average Bonchev–Trinajstić information content (AvgIpc) is 2.93. The fourth-order valence-corrected chi connectivity index (χ4v) is 2.51. The first kappa shape index (κ1) is 15.3. The van der Waals surface area contributed by atoms with E-state index in [0.29, 0.717) is 27.7 Å². The van der Waals surface area contributed by atoms with Crippen molar-refractivity contribution in [1.82, 2.24) is 5.16 Å². The smallest absolute Gasteiger partial charge is 0.261 e. The van der Waals surface area contributed by atoms with Crippen molar-refractivity contribution in [2.45, 2.75) is 13.8 Å². The lowest BCUT2D eigenvalue weighted by Gasteiger charge is -2.09. The Balaban J connectivity index is 1.97. The maximum atomic E-state index is 12.7. The minimum Gasteiger partial charge on any atom is -0.355 e. The molecule has 0 unspecified atom stereocenters. The van der Waals surface area contributed by atoms with Crippen molar-refractivity contribution >= 4 is 23.2 Å². The van der Waals surface area contributed by atoms with Gasteiger partial charge in [-0.1, -0.05) is 53.2 Å². The summed E-state index contributed by atoms with van der Waals surface area (Å²) < 4.78 is 5.36. The highest BCUT2D eigenvalue weighted by molar-refractivity contribution is 6.31. The molecule has 5 heteroatoms. The zero-order chi connectivity index (χ0) is 16.4. The number of nitrogens with one attached hydrogen (secondary N) is 1. The summed E-state index contributed by atoms with van der Waals surface area (Å²) in [6.45, 7) is 3.65. The number of carbonyl (C=O) groups is 1. The van der Waals surface area contributed by atoms with E-state index >= 15 is 0 Å². The molecule has 116 valence electrons. The predicted molar refractivity (Wildman–Crippen MR) is 90.8 cm³/mol. The summed E-state index contributed by atoms with van der Waals surface area (Å²) in [6, 6.07) is 14.8. The van der Waals surface area contributed by atoms with Crippen molar-refractivity contribution in [2.24, 2.45) is 0 Å². The highest BCUT2D eigenvalue weighted by atomic mass is 35.5. The number of rotatable bonds is 3. The standard InChI is InChI=1S/C18H15ClN2O2/c1-11-8-9-14(19)10-15(11)20-18(22)16-12(2)21-23-17(16)13-6-4-3-5-7-13/h3-10H,1-2H3,(H,20,22). The van der Waals surface area contributed by atoms with Gasteiger partial charge in [-0.15, -0.1) is 0 Å². The lowest BCUT2D eigenvalue weighted by atomic mass is 10.1. The number of amides is 1. The molecule has 1 heterocycles. The Bertz CT molecular complexity index is 857. The number of hydrogen-bond acceptors (Lipinski definition) is 3. The van der Waals surface area contributed by atoms with E-state index in [4.69, 9.17) is 16.1 Å². The summed E-state index contributed by atoms with van der Waals surface area (Å²) in [7, 11) is 0. The van der Waals surface area contributed by atoms with Crippen LogP contribution in [0.4, 0.5) is 5.69 Å². The molecule has 1 aromatic heterocycles. The number of halogens is 1. The molecule has 0 aliphatic rings. The Morgan fingerprint density at radius 1 is 1.13 bits per heavy atom. The molecule has 1 amide bonds. The molecule has 0 aliphatic heterocycles. The number of benzene rings is 2. The molecule has 4 nitrogen and oxygen atoms in total. The van der Waals surface area contributed by atoms with E-state index in [1.54, 1.807) is 19.1 Å². The van der Waals surface area contributed by atoms with Gasteiger partial charge in [0, 0.05) is 16.3 Å². The topological polar surface area (TPSA) is 55.1 Å². The summed E-state index contributed by atoms with van der Waals surface area (Å²) in [5, 5.41) is 7.38. The Kier molecular flexibility index (Phi) is 4.17. The van der Waals surface area contributed by atoms with Crippen LogP contribution in [0.3, 0.4) is 0 Å². The summed E-state index contributed by atoms with van der Waals surface area (Å²) in [5.41, 5.74) is 3.37. The molecular formula is C18H15ClN2O2. The molecule has 0 fully saturated rings. The van der Waals surface area contributed by atoms with Gasteiger partial charge in [-0.25, -0.2) is 0 Å². The first-order chi connectivity index (χ1) is 11.1. The van der Waals surface area contributed by atoms with Crippen molar-refractivity contribution in [3.8, 4) is 11.3 Å². The monoisotopic (exact) mass is 326 g/mol. The van der Waals surface area contributed by atoms with Crippen LogP contribution < -0.4 is 5.32 Å². The SMILES string of the molecule is Cc1ccc(Cl)cc1NC(=O)c1c(C)noc1-c1ccccc1. The normalized spacial score (nSPS) is 10.6. The van der Waals surface area contributed by atoms with E-state index in [-0.39, 0.29) is 5.91 Å². The van der Waals surface area contributed by atoms with Gasteiger partial charge in [-0.05, 0) is 31.5 Å². The number of hydrogen-bond donors (Lipinski definition) is 1. The number of aromatic nitrogens is 1. The molecule has 3 aromatic rings. The van der Waals surface area contributed by atoms with Gasteiger partial charge in [0.25, 0.3) is 5.91 Å². The van der Waals surface area contributed by atoms with Crippen LogP contribution in [-0.4, -0.2) is 11.1 Å². The summed E-state index contributed by atoms with van der Waals surface area (Å²) in [6.07, 6.45) is 0. The predicted octanol–water partition coefficient (Wildman–Crippen LogP) is 4.86. The van der Waals surface area contributed by atoms with Gasteiger partial charge in [-0.2, -0.15) is 0 Å². The number of anilines is 1. The van der Waals surface area contributed by atoms with Crippen LogP contribution in [0.2, 0.25) is 5.02 Å². The number of carbonyl (C=O) groups excluding carboxylic acids is 1. The molecule has 23 heavy (non-hydrogen) atoms. The van der Waals surface area contributed by atoms with Crippen molar-refractivity contribution in [1.29, 1.82) is 0 Å². The van der Waals surface area contributed by atoms with Gasteiger partial charge in [-0.3, -0.25) is 4.79 Å². The van der Waals surface area contributed by atoms with Crippen molar-refractivity contribution in [3.63, 3.8) is 0 Å². The van der Waals surface area contributed by atoms with Crippen molar-refractivity contribution < 1.29 is 9.32 Å². The molecule has 0 atom stereocenters. The zero-order valence-electron chi connectivity index (χ0n) is 12.8. The first-order valence-corrected chi connectivity index (χ1v) is 7.53.